The number of amides is 1. The summed E-state index contributed by atoms with van der Waals surface area (Å²) in [5.74, 6) is -0.158. The van der Waals surface area contributed by atoms with Crippen molar-refractivity contribution in [3.8, 4) is 0 Å². The molecule has 0 saturated heterocycles. The molecule has 0 heterocycles. The third-order valence-electron chi connectivity index (χ3n) is 2.46. The summed E-state index contributed by atoms with van der Waals surface area (Å²) in [6.07, 6.45) is 0.549. The summed E-state index contributed by atoms with van der Waals surface area (Å²) in [6, 6.07) is -0.0500. The van der Waals surface area contributed by atoms with Gasteiger partial charge >= 0.3 is 0 Å². The highest BCUT2D eigenvalue weighted by atomic mass is 16.5. The van der Waals surface area contributed by atoms with Gasteiger partial charge in [0, 0.05) is 19.8 Å². The lowest BCUT2D eigenvalue weighted by Gasteiger charge is -2.31. The highest BCUT2D eigenvalue weighted by molar-refractivity contribution is 5.77. The van der Waals surface area contributed by atoms with Gasteiger partial charge in [0.05, 0.1) is 13.2 Å². The fraction of sp³-hybridized carbons (Fsp3) is 0.917. The second-order valence-electron chi connectivity index (χ2n) is 5.04. The molecule has 2 N–H and O–H groups in total. The average molecular weight is 247 g/mol. The number of carbonyl (C=O) groups excluding carboxylic acids is 1. The third-order valence-corrected chi connectivity index (χ3v) is 2.46. The summed E-state index contributed by atoms with van der Waals surface area (Å²) in [6.45, 7) is 7.06. The molecule has 5 nitrogen and oxygen atoms in total. The lowest BCUT2D eigenvalue weighted by molar-refractivity contribution is -0.127. The van der Waals surface area contributed by atoms with Crippen molar-refractivity contribution in [1.29, 1.82) is 0 Å². The van der Waals surface area contributed by atoms with Crippen LogP contribution in [0.4, 0.5) is 0 Å². The number of rotatable bonds is 8. The molecule has 1 unspecified atom stereocenters. The van der Waals surface area contributed by atoms with E-state index in [0.717, 1.165) is 0 Å². The normalized spacial score (nSPS) is 13.5. The maximum absolute atomic E-state index is 11.6. The van der Waals surface area contributed by atoms with E-state index < -0.39 is 0 Å². The molecular formula is C12H25NO4. The number of ether oxygens (including phenoxy) is 2. The highest BCUT2D eigenvalue weighted by Gasteiger charge is 2.25. The van der Waals surface area contributed by atoms with Crippen LogP contribution >= 0.6 is 0 Å². The van der Waals surface area contributed by atoms with E-state index in [9.17, 15) is 4.79 Å². The predicted molar refractivity (Wildman–Crippen MR) is 65.8 cm³/mol. The molecule has 0 aliphatic rings. The number of hydrogen-bond acceptors (Lipinski definition) is 4. The summed E-state index contributed by atoms with van der Waals surface area (Å²) in [5, 5.41) is 11.8. The van der Waals surface area contributed by atoms with E-state index in [0.29, 0.717) is 19.6 Å². The van der Waals surface area contributed by atoms with Crippen LogP contribution in [0.5, 0.6) is 0 Å². The SMILES string of the molecule is COCCOCC(=O)NC(CCO)C(C)(C)C. The van der Waals surface area contributed by atoms with E-state index in [-0.39, 0.29) is 30.6 Å². The molecule has 5 heteroatoms. The summed E-state index contributed by atoms with van der Waals surface area (Å²) in [4.78, 5) is 11.6. The molecule has 17 heavy (non-hydrogen) atoms. The van der Waals surface area contributed by atoms with Crippen molar-refractivity contribution in [1.82, 2.24) is 5.32 Å². The number of aliphatic hydroxyl groups is 1. The molecule has 0 fully saturated rings. The van der Waals surface area contributed by atoms with Crippen LogP contribution in [0.2, 0.25) is 0 Å². The van der Waals surface area contributed by atoms with Crippen LogP contribution in [0.3, 0.4) is 0 Å². The lowest BCUT2D eigenvalue weighted by Crippen LogP contribution is -2.45. The minimum Gasteiger partial charge on any atom is -0.396 e. The fourth-order valence-corrected chi connectivity index (χ4v) is 1.39. The average Bonchev–Trinajstić information content (AvgIpc) is 2.22. The zero-order valence-electron chi connectivity index (χ0n) is 11.3. The van der Waals surface area contributed by atoms with Gasteiger partial charge in [0.25, 0.3) is 0 Å². The first-order valence-corrected chi connectivity index (χ1v) is 5.88. The number of hydrogen-bond donors (Lipinski definition) is 2. The van der Waals surface area contributed by atoms with Gasteiger partial charge in [-0.3, -0.25) is 4.79 Å². The maximum atomic E-state index is 11.6. The Morgan fingerprint density at radius 1 is 1.35 bits per heavy atom. The number of methoxy groups -OCH3 is 1. The van der Waals surface area contributed by atoms with E-state index in [2.05, 4.69) is 5.32 Å². The van der Waals surface area contributed by atoms with Crippen molar-refractivity contribution in [3.63, 3.8) is 0 Å². The van der Waals surface area contributed by atoms with Gasteiger partial charge in [-0.1, -0.05) is 20.8 Å². The minimum atomic E-state index is -0.158. The van der Waals surface area contributed by atoms with E-state index in [1.807, 2.05) is 20.8 Å². The second kappa shape index (κ2) is 8.44. The second-order valence-corrected chi connectivity index (χ2v) is 5.04. The van der Waals surface area contributed by atoms with Crippen molar-refractivity contribution in [3.05, 3.63) is 0 Å². The van der Waals surface area contributed by atoms with Crippen LogP contribution in [0.1, 0.15) is 27.2 Å². The van der Waals surface area contributed by atoms with Gasteiger partial charge in [-0.15, -0.1) is 0 Å². The van der Waals surface area contributed by atoms with Gasteiger partial charge in [0.15, 0.2) is 0 Å². The Kier molecular flexibility index (Phi) is 8.12. The van der Waals surface area contributed by atoms with Gasteiger partial charge < -0.3 is 19.9 Å². The Labute approximate surface area is 103 Å². The van der Waals surface area contributed by atoms with Gasteiger partial charge in [0.1, 0.15) is 6.61 Å². The zero-order valence-corrected chi connectivity index (χ0v) is 11.3. The van der Waals surface area contributed by atoms with Crippen LogP contribution in [-0.4, -0.2) is 50.6 Å². The van der Waals surface area contributed by atoms with Crippen LogP contribution < -0.4 is 5.32 Å². The van der Waals surface area contributed by atoms with Crippen molar-refractivity contribution < 1.29 is 19.4 Å². The molecule has 0 radical (unpaired) electrons. The number of nitrogens with one attached hydrogen (secondary N) is 1. The summed E-state index contributed by atoms with van der Waals surface area (Å²) >= 11 is 0. The molecule has 0 aliphatic heterocycles. The third kappa shape index (κ3) is 8.12. The van der Waals surface area contributed by atoms with Gasteiger partial charge in [-0.2, -0.15) is 0 Å². The van der Waals surface area contributed by atoms with Gasteiger partial charge in [-0.05, 0) is 11.8 Å². The molecular weight excluding hydrogens is 222 g/mol. The standard InChI is InChI=1S/C12H25NO4/c1-12(2,3)10(5-6-14)13-11(15)9-17-8-7-16-4/h10,14H,5-9H2,1-4H3,(H,13,15). The molecule has 0 aromatic carbocycles. The summed E-state index contributed by atoms with van der Waals surface area (Å²) in [5.41, 5.74) is -0.0785. The van der Waals surface area contributed by atoms with E-state index in [1.165, 1.54) is 0 Å². The number of aliphatic hydroxyl groups excluding tert-OH is 1. The Bertz CT molecular complexity index is 213. The van der Waals surface area contributed by atoms with Crippen LogP contribution in [0, 0.1) is 5.41 Å². The molecule has 0 saturated carbocycles. The first kappa shape index (κ1) is 16.4. The monoisotopic (exact) mass is 247 g/mol. The predicted octanol–water partition coefficient (Wildman–Crippen LogP) is 0.563. The van der Waals surface area contributed by atoms with E-state index in [4.69, 9.17) is 14.6 Å². The smallest absolute Gasteiger partial charge is 0.246 e. The Morgan fingerprint density at radius 3 is 2.47 bits per heavy atom. The van der Waals surface area contributed by atoms with Crippen LogP contribution in [-0.2, 0) is 14.3 Å². The molecule has 0 spiro atoms. The minimum absolute atomic E-state index is 0.0291. The first-order chi connectivity index (χ1) is 7.91. The lowest BCUT2D eigenvalue weighted by atomic mass is 9.85. The van der Waals surface area contributed by atoms with Crippen LogP contribution in [0.25, 0.3) is 0 Å². The maximum Gasteiger partial charge on any atom is 0.246 e. The largest absolute Gasteiger partial charge is 0.396 e. The zero-order chi connectivity index (χ0) is 13.3. The highest BCUT2D eigenvalue weighted by Crippen LogP contribution is 2.21. The van der Waals surface area contributed by atoms with Crippen molar-refractivity contribution in [2.24, 2.45) is 5.41 Å². The first-order valence-electron chi connectivity index (χ1n) is 5.88. The number of carbonyl (C=O) groups is 1. The molecule has 0 aliphatic carbocycles. The Balaban J connectivity index is 3.96. The molecule has 0 rings (SSSR count). The summed E-state index contributed by atoms with van der Waals surface area (Å²) in [7, 11) is 1.58. The Hall–Kier alpha value is -0.650. The topological polar surface area (TPSA) is 67.8 Å². The van der Waals surface area contributed by atoms with Crippen molar-refractivity contribution in [2.75, 3.05) is 33.5 Å². The molecule has 1 amide bonds. The molecule has 0 aromatic heterocycles. The quantitative estimate of drug-likeness (QED) is 0.615. The molecule has 1 atom stereocenters. The molecule has 0 bridgehead atoms. The van der Waals surface area contributed by atoms with E-state index in [1.54, 1.807) is 7.11 Å². The fourth-order valence-electron chi connectivity index (χ4n) is 1.39. The molecule has 102 valence electrons. The Morgan fingerprint density at radius 2 is 2.00 bits per heavy atom. The van der Waals surface area contributed by atoms with Crippen molar-refractivity contribution in [2.45, 2.75) is 33.2 Å². The molecule has 0 aromatic rings. The van der Waals surface area contributed by atoms with Gasteiger partial charge in [0.2, 0.25) is 5.91 Å². The van der Waals surface area contributed by atoms with Crippen LogP contribution in [0.15, 0.2) is 0 Å². The van der Waals surface area contributed by atoms with Crippen molar-refractivity contribution >= 4 is 5.91 Å². The van der Waals surface area contributed by atoms with Gasteiger partial charge in [-0.25, -0.2) is 0 Å². The summed E-state index contributed by atoms with van der Waals surface area (Å²) < 4.78 is 9.94. The van der Waals surface area contributed by atoms with E-state index >= 15 is 0 Å².